The molecule has 1 aromatic rings. The lowest BCUT2D eigenvalue weighted by Gasteiger charge is -2.26. The van der Waals surface area contributed by atoms with Crippen LogP contribution in [0.3, 0.4) is 0 Å². The van der Waals surface area contributed by atoms with E-state index in [1.54, 1.807) is 0 Å². The molecule has 96 valence electrons. The zero-order valence-electron chi connectivity index (χ0n) is 11.7. The molecule has 1 N–H and O–H groups in total. The molecule has 2 nitrogen and oxygen atoms in total. The molecule has 1 rings (SSSR count). The van der Waals surface area contributed by atoms with Gasteiger partial charge in [0.15, 0.2) is 0 Å². The topological polar surface area (TPSA) is 21.3 Å². The average molecular weight is 235 g/mol. The molecule has 0 aliphatic heterocycles. The molecule has 0 heterocycles. The number of rotatable bonds is 5. The summed E-state index contributed by atoms with van der Waals surface area (Å²) in [5.41, 5.74) is 2.56. The monoisotopic (exact) mass is 235 g/mol. The van der Waals surface area contributed by atoms with Crippen LogP contribution in [-0.2, 0) is 4.74 Å². The Morgan fingerprint density at radius 3 is 2.41 bits per heavy atom. The number of aryl methyl sites for hydroxylation is 1. The standard InChI is InChI=1S/C15H25NO/c1-6-16-14(11-17-15(3,4)5)13-10-8-7-9-12(13)2/h7-10,14,16H,6,11H2,1-5H3. The third kappa shape index (κ3) is 4.88. The van der Waals surface area contributed by atoms with E-state index in [0.29, 0.717) is 6.61 Å². The van der Waals surface area contributed by atoms with Gasteiger partial charge in [-0.2, -0.15) is 0 Å². The number of nitrogens with one attached hydrogen (secondary N) is 1. The highest BCUT2D eigenvalue weighted by molar-refractivity contribution is 5.28. The first-order valence-corrected chi connectivity index (χ1v) is 6.37. The maximum absolute atomic E-state index is 5.89. The first-order chi connectivity index (χ1) is 7.94. The van der Waals surface area contributed by atoms with E-state index in [4.69, 9.17) is 4.74 Å². The molecular weight excluding hydrogens is 210 g/mol. The van der Waals surface area contributed by atoms with E-state index in [2.05, 4.69) is 64.2 Å². The minimum atomic E-state index is -0.0869. The van der Waals surface area contributed by atoms with Crippen molar-refractivity contribution in [3.63, 3.8) is 0 Å². The lowest BCUT2D eigenvalue weighted by molar-refractivity contribution is -0.0147. The quantitative estimate of drug-likeness (QED) is 0.844. The van der Waals surface area contributed by atoms with Crippen LogP contribution in [0.4, 0.5) is 0 Å². The molecule has 0 amide bonds. The molecular formula is C15H25NO. The second-order valence-electron chi connectivity index (χ2n) is 5.39. The fraction of sp³-hybridized carbons (Fsp3) is 0.600. The van der Waals surface area contributed by atoms with Crippen molar-refractivity contribution in [2.45, 2.75) is 46.3 Å². The van der Waals surface area contributed by atoms with Crippen LogP contribution < -0.4 is 5.32 Å². The summed E-state index contributed by atoms with van der Waals surface area (Å²) in [6, 6.07) is 8.77. The Morgan fingerprint density at radius 2 is 1.88 bits per heavy atom. The van der Waals surface area contributed by atoms with Crippen molar-refractivity contribution < 1.29 is 4.74 Å². The third-order valence-corrected chi connectivity index (χ3v) is 2.70. The summed E-state index contributed by atoms with van der Waals surface area (Å²) in [4.78, 5) is 0. The van der Waals surface area contributed by atoms with E-state index < -0.39 is 0 Å². The van der Waals surface area contributed by atoms with Crippen LogP contribution in [0, 0.1) is 6.92 Å². The first kappa shape index (κ1) is 14.2. The smallest absolute Gasteiger partial charge is 0.0668 e. The maximum atomic E-state index is 5.89. The molecule has 0 saturated heterocycles. The van der Waals surface area contributed by atoms with Gasteiger partial charge < -0.3 is 10.1 Å². The highest BCUT2D eigenvalue weighted by Gasteiger charge is 2.17. The van der Waals surface area contributed by atoms with Gasteiger partial charge in [-0.3, -0.25) is 0 Å². The van der Waals surface area contributed by atoms with Gasteiger partial charge in [0.2, 0.25) is 0 Å². The van der Waals surface area contributed by atoms with Crippen molar-refractivity contribution in [3.05, 3.63) is 35.4 Å². The number of benzene rings is 1. The molecule has 0 bridgehead atoms. The SMILES string of the molecule is CCNC(COC(C)(C)C)c1ccccc1C. The predicted molar refractivity (Wildman–Crippen MR) is 73.3 cm³/mol. The first-order valence-electron chi connectivity index (χ1n) is 6.37. The fourth-order valence-electron chi connectivity index (χ4n) is 1.82. The molecule has 0 aliphatic carbocycles. The van der Waals surface area contributed by atoms with Gasteiger partial charge in [0.1, 0.15) is 0 Å². The minimum absolute atomic E-state index is 0.0869. The molecule has 2 heteroatoms. The Kier molecular flexibility index (Phi) is 5.16. The van der Waals surface area contributed by atoms with Gasteiger partial charge in [0.25, 0.3) is 0 Å². The van der Waals surface area contributed by atoms with E-state index in [1.807, 2.05) is 0 Å². The molecule has 0 saturated carbocycles. The van der Waals surface area contributed by atoms with Crippen LogP contribution in [0.1, 0.15) is 44.9 Å². The Morgan fingerprint density at radius 1 is 1.24 bits per heavy atom. The van der Waals surface area contributed by atoms with E-state index in [9.17, 15) is 0 Å². The number of hydrogen-bond acceptors (Lipinski definition) is 2. The van der Waals surface area contributed by atoms with Crippen LogP contribution in [0.2, 0.25) is 0 Å². The number of ether oxygens (including phenoxy) is 1. The third-order valence-electron chi connectivity index (χ3n) is 2.70. The second-order valence-corrected chi connectivity index (χ2v) is 5.39. The Hall–Kier alpha value is -0.860. The predicted octanol–water partition coefficient (Wildman–Crippen LogP) is 3.46. The van der Waals surface area contributed by atoms with Crippen LogP contribution in [-0.4, -0.2) is 18.8 Å². The zero-order valence-corrected chi connectivity index (χ0v) is 11.7. The maximum Gasteiger partial charge on any atom is 0.0668 e. The largest absolute Gasteiger partial charge is 0.374 e. The van der Waals surface area contributed by atoms with Gasteiger partial charge in [0.05, 0.1) is 18.2 Å². The van der Waals surface area contributed by atoms with Crippen LogP contribution in [0.25, 0.3) is 0 Å². The average Bonchev–Trinajstić information content (AvgIpc) is 2.24. The van der Waals surface area contributed by atoms with Gasteiger partial charge in [-0.05, 0) is 45.4 Å². The van der Waals surface area contributed by atoms with Gasteiger partial charge >= 0.3 is 0 Å². The van der Waals surface area contributed by atoms with Crippen molar-refractivity contribution in [2.75, 3.05) is 13.2 Å². The molecule has 0 fully saturated rings. The number of likely N-dealkylation sites (N-methyl/N-ethyl adjacent to an activating group) is 1. The van der Waals surface area contributed by atoms with E-state index in [1.165, 1.54) is 11.1 Å². The Balaban J connectivity index is 2.75. The molecule has 0 aromatic heterocycles. The van der Waals surface area contributed by atoms with Gasteiger partial charge in [-0.25, -0.2) is 0 Å². The van der Waals surface area contributed by atoms with Crippen LogP contribution >= 0.6 is 0 Å². The molecule has 0 aliphatic rings. The lowest BCUT2D eigenvalue weighted by Crippen LogP contribution is -2.30. The number of hydrogen-bond donors (Lipinski definition) is 1. The molecule has 1 atom stereocenters. The summed E-state index contributed by atoms with van der Waals surface area (Å²) in [6.45, 7) is 12.2. The summed E-state index contributed by atoms with van der Waals surface area (Å²) in [5.74, 6) is 0. The molecule has 0 radical (unpaired) electrons. The summed E-state index contributed by atoms with van der Waals surface area (Å²) in [5, 5.41) is 3.49. The summed E-state index contributed by atoms with van der Waals surface area (Å²) >= 11 is 0. The van der Waals surface area contributed by atoms with Crippen molar-refractivity contribution in [3.8, 4) is 0 Å². The van der Waals surface area contributed by atoms with Crippen molar-refractivity contribution in [2.24, 2.45) is 0 Å². The Labute approximate surface area is 105 Å². The summed E-state index contributed by atoms with van der Waals surface area (Å²) in [6.07, 6.45) is 0. The molecule has 0 spiro atoms. The van der Waals surface area contributed by atoms with E-state index >= 15 is 0 Å². The van der Waals surface area contributed by atoms with E-state index in [-0.39, 0.29) is 11.6 Å². The summed E-state index contributed by atoms with van der Waals surface area (Å²) < 4.78 is 5.89. The highest BCUT2D eigenvalue weighted by Crippen LogP contribution is 2.20. The highest BCUT2D eigenvalue weighted by atomic mass is 16.5. The van der Waals surface area contributed by atoms with E-state index in [0.717, 1.165) is 6.54 Å². The van der Waals surface area contributed by atoms with Gasteiger partial charge in [-0.1, -0.05) is 31.2 Å². The minimum Gasteiger partial charge on any atom is -0.374 e. The molecule has 1 unspecified atom stereocenters. The second kappa shape index (κ2) is 6.18. The zero-order chi connectivity index (χ0) is 12.9. The van der Waals surface area contributed by atoms with Crippen LogP contribution in [0.15, 0.2) is 24.3 Å². The van der Waals surface area contributed by atoms with Crippen molar-refractivity contribution in [1.82, 2.24) is 5.32 Å². The van der Waals surface area contributed by atoms with Crippen molar-refractivity contribution >= 4 is 0 Å². The fourth-order valence-corrected chi connectivity index (χ4v) is 1.82. The molecule has 17 heavy (non-hydrogen) atoms. The van der Waals surface area contributed by atoms with Crippen molar-refractivity contribution in [1.29, 1.82) is 0 Å². The van der Waals surface area contributed by atoms with Gasteiger partial charge in [0, 0.05) is 0 Å². The summed E-state index contributed by atoms with van der Waals surface area (Å²) in [7, 11) is 0. The normalized spacial score (nSPS) is 13.7. The Bertz CT molecular complexity index is 341. The molecule has 1 aromatic carbocycles. The van der Waals surface area contributed by atoms with Crippen LogP contribution in [0.5, 0.6) is 0 Å². The lowest BCUT2D eigenvalue weighted by atomic mass is 10.0. The van der Waals surface area contributed by atoms with Gasteiger partial charge in [-0.15, -0.1) is 0 Å².